The molecule has 1 aromatic carbocycles. The molecule has 1 aromatic heterocycles. The maximum absolute atomic E-state index is 13.3. The summed E-state index contributed by atoms with van der Waals surface area (Å²) in [7, 11) is -4.05. The van der Waals surface area contributed by atoms with Crippen LogP contribution in [0.3, 0.4) is 0 Å². The molecule has 3 heterocycles. The van der Waals surface area contributed by atoms with Crippen molar-refractivity contribution < 1.29 is 23.2 Å². The summed E-state index contributed by atoms with van der Waals surface area (Å²) < 4.78 is 30.1. The molecule has 0 aliphatic carbocycles. The number of nitrogens with one attached hydrogen (secondary N) is 1. The van der Waals surface area contributed by atoms with E-state index >= 15 is 0 Å². The molecule has 0 atom stereocenters. The molecule has 10 heteroatoms. The molecule has 0 bridgehead atoms. The van der Waals surface area contributed by atoms with Crippen LogP contribution >= 0.6 is 0 Å². The summed E-state index contributed by atoms with van der Waals surface area (Å²) in [6.07, 6.45) is 6.94. The van der Waals surface area contributed by atoms with Gasteiger partial charge < -0.3 is 9.64 Å². The number of rotatable bonds is 5. The van der Waals surface area contributed by atoms with E-state index in [0.29, 0.717) is 5.69 Å². The number of hydroxylamine groups is 1. The van der Waals surface area contributed by atoms with Gasteiger partial charge in [0.05, 0.1) is 23.0 Å². The van der Waals surface area contributed by atoms with Gasteiger partial charge in [0, 0.05) is 31.9 Å². The van der Waals surface area contributed by atoms with Gasteiger partial charge in [-0.25, -0.2) is 18.9 Å². The minimum atomic E-state index is -4.05. The molecule has 2 aliphatic rings. The first-order valence-corrected chi connectivity index (χ1v) is 11.9. The third-order valence-corrected chi connectivity index (χ3v) is 8.62. The summed E-state index contributed by atoms with van der Waals surface area (Å²) in [5, 5.41) is 9.15. The van der Waals surface area contributed by atoms with Crippen LogP contribution in [-0.2, 0) is 19.4 Å². The molecule has 4 rings (SSSR count). The zero-order chi connectivity index (χ0) is 21.9. The van der Waals surface area contributed by atoms with Crippen LogP contribution in [0.5, 0.6) is 0 Å². The SMILES string of the molecule is O=C(NO)C1(S(=O)(=O)c2ccc(-c3cnc(N4CCCCC4)cn3)cc2)CCOCC1. The Morgan fingerprint density at radius 2 is 1.71 bits per heavy atom. The van der Waals surface area contributed by atoms with Crippen LogP contribution in [-0.4, -0.2) is 60.6 Å². The zero-order valence-electron chi connectivity index (χ0n) is 17.2. The number of anilines is 1. The Labute approximate surface area is 181 Å². The fourth-order valence-corrected chi connectivity index (χ4v) is 6.15. The number of hydrogen-bond acceptors (Lipinski definition) is 8. The van der Waals surface area contributed by atoms with E-state index in [0.717, 1.165) is 37.3 Å². The molecule has 2 aromatic rings. The molecule has 2 saturated heterocycles. The molecular weight excluding hydrogens is 420 g/mol. The van der Waals surface area contributed by atoms with Crippen molar-refractivity contribution in [2.75, 3.05) is 31.2 Å². The second kappa shape index (κ2) is 8.89. The number of nitrogens with zero attached hydrogens (tertiary/aromatic N) is 3. The van der Waals surface area contributed by atoms with Gasteiger partial charge in [0.2, 0.25) is 0 Å². The Kier molecular flexibility index (Phi) is 6.22. The minimum absolute atomic E-state index is 0.0136. The molecule has 2 aliphatic heterocycles. The third-order valence-electron chi connectivity index (χ3n) is 6.11. The summed E-state index contributed by atoms with van der Waals surface area (Å²) >= 11 is 0. The van der Waals surface area contributed by atoms with Crippen LogP contribution in [0.15, 0.2) is 41.6 Å². The predicted octanol–water partition coefficient (Wildman–Crippen LogP) is 1.96. The number of amides is 1. The van der Waals surface area contributed by atoms with Gasteiger partial charge in [0.15, 0.2) is 14.6 Å². The van der Waals surface area contributed by atoms with E-state index in [9.17, 15) is 13.2 Å². The lowest BCUT2D eigenvalue weighted by Crippen LogP contribution is -2.54. The van der Waals surface area contributed by atoms with E-state index in [1.54, 1.807) is 24.5 Å². The van der Waals surface area contributed by atoms with E-state index in [4.69, 9.17) is 9.94 Å². The highest BCUT2D eigenvalue weighted by Crippen LogP contribution is 2.36. The first kappa shape index (κ1) is 21.7. The van der Waals surface area contributed by atoms with Crippen LogP contribution in [0, 0.1) is 0 Å². The number of sulfone groups is 1. The van der Waals surface area contributed by atoms with Crippen molar-refractivity contribution in [3.63, 3.8) is 0 Å². The van der Waals surface area contributed by atoms with E-state index in [-0.39, 0.29) is 31.0 Å². The summed E-state index contributed by atoms with van der Waals surface area (Å²) in [6.45, 7) is 2.22. The largest absolute Gasteiger partial charge is 0.381 e. The molecule has 2 N–H and O–H groups in total. The van der Waals surface area contributed by atoms with Gasteiger partial charge >= 0.3 is 0 Å². The molecule has 0 unspecified atom stereocenters. The number of hydrogen-bond donors (Lipinski definition) is 2. The summed E-state index contributed by atoms with van der Waals surface area (Å²) in [4.78, 5) is 23.6. The molecule has 9 nitrogen and oxygen atoms in total. The van der Waals surface area contributed by atoms with Gasteiger partial charge in [-0.05, 0) is 44.2 Å². The molecule has 0 spiro atoms. The van der Waals surface area contributed by atoms with Crippen LogP contribution in [0.4, 0.5) is 5.82 Å². The van der Waals surface area contributed by atoms with Gasteiger partial charge in [0.25, 0.3) is 5.91 Å². The Balaban J connectivity index is 1.58. The molecule has 0 radical (unpaired) electrons. The monoisotopic (exact) mass is 446 g/mol. The number of ether oxygens (including phenoxy) is 1. The first-order valence-electron chi connectivity index (χ1n) is 10.4. The predicted molar refractivity (Wildman–Crippen MR) is 113 cm³/mol. The molecule has 166 valence electrons. The van der Waals surface area contributed by atoms with E-state index < -0.39 is 20.5 Å². The number of aromatic nitrogens is 2. The lowest BCUT2D eigenvalue weighted by Gasteiger charge is -2.34. The Hall–Kier alpha value is -2.56. The maximum atomic E-state index is 13.3. The fourth-order valence-electron chi connectivity index (χ4n) is 4.21. The standard InChI is InChI=1S/C21H26N4O5S/c26-20(24-27)21(8-12-30-13-9-21)31(28,29)17-6-4-16(5-7-17)18-14-23-19(15-22-18)25-10-2-1-3-11-25/h4-7,14-15,27H,1-3,8-13H2,(H,24,26). The second-order valence-electron chi connectivity index (χ2n) is 7.88. The highest BCUT2D eigenvalue weighted by Gasteiger charge is 2.52. The Bertz CT molecular complexity index is 1010. The van der Waals surface area contributed by atoms with E-state index in [1.165, 1.54) is 24.0 Å². The third kappa shape index (κ3) is 4.02. The van der Waals surface area contributed by atoms with Gasteiger partial charge in [-0.2, -0.15) is 0 Å². The lowest BCUT2D eigenvalue weighted by molar-refractivity contribution is -0.134. The highest BCUT2D eigenvalue weighted by atomic mass is 32.2. The molecule has 2 fully saturated rings. The summed E-state index contributed by atoms with van der Waals surface area (Å²) in [5.41, 5.74) is 2.89. The van der Waals surface area contributed by atoms with Gasteiger partial charge in [-0.15, -0.1) is 0 Å². The van der Waals surface area contributed by atoms with Crippen molar-refractivity contribution in [2.45, 2.75) is 41.7 Å². The van der Waals surface area contributed by atoms with Crippen LogP contribution < -0.4 is 10.4 Å². The van der Waals surface area contributed by atoms with Crippen LogP contribution in [0.1, 0.15) is 32.1 Å². The minimum Gasteiger partial charge on any atom is -0.381 e. The van der Waals surface area contributed by atoms with Crippen molar-refractivity contribution >= 4 is 21.6 Å². The molecule has 0 saturated carbocycles. The van der Waals surface area contributed by atoms with Crippen molar-refractivity contribution in [1.82, 2.24) is 15.4 Å². The summed E-state index contributed by atoms with van der Waals surface area (Å²) in [5.74, 6) is -0.0850. The smallest absolute Gasteiger partial charge is 0.265 e. The molecule has 31 heavy (non-hydrogen) atoms. The molecular formula is C21H26N4O5S. The molecule has 1 amide bonds. The number of piperidine rings is 1. The average molecular weight is 447 g/mol. The quantitative estimate of drug-likeness (QED) is 0.528. The second-order valence-corrected chi connectivity index (χ2v) is 10.1. The Morgan fingerprint density at radius 1 is 1.03 bits per heavy atom. The number of carbonyl (C=O) groups excluding carboxylic acids is 1. The zero-order valence-corrected chi connectivity index (χ0v) is 18.0. The maximum Gasteiger partial charge on any atom is 0.265 e. The fraction of sp³-hybridized carbons (Fsp3) is 0.476. The number of benzene rings is 1. The van der Waals surface area contributed by atoms with Gasteiger partial charge in [-0.3, -0.25) is 15.0 Å². The Morgan fingerprint density at radius 3 is 2.29 bits per heavy atom. The highest BCUT2D eigenvalue weighted by molar-refractivity contribution is 7.93. The average Bonchev–Trinajstić information content (AvgIpc) is 2.84. The van der Waals surface area contributed by atoms with Gasteiger partial charge in [0.1, 0.15) is 5.82 Å². The first-order chi connectivity index (χ1) is 15.0. The summed E-state index contributed by atoms with van der Waals surface area (Å²) in [6, 6.07) is 6.24. The topological polar surface area (TPSA) is 122 Å². The van der Waals surface area contributed by atoms with Crippen LogP contribution in [0.2, 0.25) is 0 Å². The lowest BCUT2D eigenvalue weighted by atomic mass is 9.98. The number of carbonyl (C=O) groups is 1. The van der Waals surface area contributed by atoms with Gasteiger partial charge in [-0.1, -0.05) is 12.1 Å². The van der Waals surface area contributed by atoms with E-state index in [2.05, 4.69) is 14.9 Å². The van der Waals surface area contributed by atoms with Crippen molar-refractivity contribution in [3.8, 4) is 11.3 Å². The van der Waals surface area contributed by atoms with Crippen molar-refractivity contribution in [1.29, 1.82) is 0 Å². The van der Waals surface area contributed by atoms with Crippen molar-refractivity contribution in [2.24, 2.45) is 0 Å². The van der Waals surface area contributed by atoms with E-state index in [1.807, 2.05) is 0 Å². The van der Waals surface area contributed by atoms with Crippen LogP contribution in [0.25, 0.3) is 11.3 Å². The normalized spacial score (nSPS) is 19.1. The van der Waals surface area contributed by atoms with Crippen molar-refractivity contribution in [3.05, 3.63) is 36.7 Å².